The third kappa shape index (κ3) is 4.42. The Morgan fingerprint density at radius 3 is 2.30 bits per heavy atom. The van der Waals surface area contributed by atoms with Gasteiger partial charge in [0.05, 0.1) is 0 Å². The van der Waals surface area contributed by atoms with Gasteiger partial charge in [0.25, 0.3) is 0 Å². The van der Waals surface area contributed by atoms with E-state index in [1.165, 1.54) is 0 Å². The fourth-order valence-corrected chi connectivity index (χ4v) is 3.13. The molecule has 0 saturated carbocycles. The van der Waals surface area contributed by atoms with E-state index in [2.05, 4.69) is 19.1 Å². The molecule has 0 aliphatic carbocycles. The van der Waals surface area contributed by atoms with Gasteiger partial charge in [-0.15, -0.1) is 0 Å². The highest BCUT2D eigenvalue weighted by Crippen LogP contribution is 2.31. The van der Waals surface area contributed by atoms with Crippen LogP contribution in [-0.4, -0.2) is 6.04 Å². The maximum absolute atomic E-state index is 6.33. The second kappa shape index (κ2) is 7.37. The van der Waals surface area contributed by atoms with Crippen LogP contribution in [0.25, 0.3) is 0 Å². The predicted molar refractivity (Wildman–Crippen MR) is 89.0 cm³/mol. The summed E-state index contributed by atoms with van der Waals surface area (Å²) in [6, 6.07) is 14.1. The minimum Gasteiger partial charge on any atom is -0.327 e. The first-order valence-electron chi connectivity index (χ1n) is 6.56. The van der Waals surface area contributed by atoms with Gasteiger partial charge in [-0.1, -0.05) is 48.0 Å². The molecule has 0 bridgehead atoms. The zero-order chi connectivity index (χ0) is 14.5. The molecular formula is C16H17Cl2NS. The van der Waals surface area contributed by atoms with Crippen molar-refractivity contribution in [1.82, 2.24) is 0 Å². The van der Waals surface area contributed by atoms with Gasteiger partial charge in [-0.25, -0.2) is 0 Å². The normalized spacial score (nSPS) is 12.4. The van der Waals surface area contributed by atoms with Crippen LogP contribution in [0.1, 0.15) is 18.9 Å². The average Bonchev–Trinajstić information content (AvgIpc) is 2.44. The number of nitrogens with two attached hydrogens (primary N) is 1. The molecule has 1 nitrogen and oxygen atoms in total. The van der Waals surface area contributed by atoms with Gasteiger partial charge >= 0.3 is 0 Å². The van der Waals surface area contributed by atoms with E-state index in [0.717, 1.165) is 38.2 Å². The predicted octanol–water partition coefficient (Wildman–Crippen LogP) is 5.42. The van der Waals surface area contributed by atoms with Gasteiger partial charge in [0.1, 0.15) is 0 Å². The minimum absolute atomic E-state index is 0.169. The van der Waals surface area contributed by atoms with Gasteiger partial charge in [-0.05, 0) is 54.8 Å². The molecule has 0 heterocycles. The van der Waals surface area contributed by atoms with Crippen molar-refractivity contribution in [3.63, 3.8) is 0 Å². The Bertz CT molecular complexity index is 569. The molecule has 2 aromatic carbocycles. The van der Waals surface area contributed by atoms with Crippen molar-refractivity contribution < 1.29 is 0 Å². The topological polar surface area (TPSA) is 26.0 Å². The van der Waals surface area contributed by atoms with Crippen molar-refractivity contribution in [3.05, 3.63) is 58.1 Å². The fraction of sp³-hybridized carbons (Fsp3) is 0.250. The lowest BCUT2D eigenvalue weighted by atomic mass is 10.1. The third-order valence-corrected chi connectivity index (χ3v) is 4.68. The second-order valence-corrected chi connectivity index (χ2v) is 6.67. The average molecular weight is 326 g/mol. The Morgan fingerprint density at radius 1 is 1.05 bits per heavy atom. The first-order chi connectivity index (χ1) is 9.58. The summed E-state index contributed by atoms with van der Waals surface area (Å²) in [5.41, 5.74) is 7.09. The standard InChI is InChI=1S/C16H17Cl2NS/c1-2-13(19)9-11-3-6-15(10-16(11)18)20-14-7-4-12(17)5-8-14/h3-8,10,13H,2,9,19H2,1H3. The van der Waals surface area contributed by atoms with Crippen molar-refractivity contribution >= 4 is 35.0 Å². The van der Waals surface area contributed by atoms with Gasteiger partial charge in [0.2, 0.25) is 0 Å². The Balaban J connectivity index is 2.10. The van der Waals surface area contributed by atoms with Crippen LogP contribution in [-0.2, 0) is 6.42 Å². The Morgan fingerprint density at radius 2 is 1.70 bits per heavy atom. The minimum atomic E-state index is 0.169. The van der Waals surface area contributed by atoms with Crippen LogP contribution >= 0.6 is 35.0 Å². The van der Waals surface area contributed by atoms with E-state index >= 15 is 0 Å². The molecular weight excluding hydrogens is 309 g/mol. The molecule has 1 unspecified atom stereocenters. The highest BCUT2D eigenvalue weighted by atomic mass is 35.5. The molecule has 2 aromatic rings. The molecule has 1 atom stereocenters. The summed E-state index contributed by atoms with van der Waals surface area (Å²) in [4.78, 5) is 2.26. The molecule has 2 rings (SSSR count). The lowest BCUT2D eigenvalue weighted by Gasteiger charge is -2.11. The van der Waals surface area contributed by atoms with Crippen LogP contribution in [0.3, 0.4) is 0 Å². The molecule has 0 aromatic heterocycles. The first-order valence-corrected chi connectivity index (χ1v) is 8.13. The van der Waals surface area contributed by atoms with Gasteiger partial charge < -0.3 is 5.73 Å². The molecule has 0 aliphatic rings. The van der Waals surface area contributed by atoms with Crippen molar-refractivity contribution in [2.75, 3.05) is 0 Å². The van der Waals surface area contributed by atoms with Crippen LogP contribution in [0.2, 0.25) is 10.0 Å². The van der Waals surface area contributed by atoms with Gasteiger partial charge in [0, 0.05) is 25.9 Å². The van der Waals surface area contributed by atoms with Crippen molar-refractivity contribution in [2.45, 2.75) is 35.6 Å². The largest absolute Gasteiger partial charge is 0.327 e. The highest BCUT2D eigenvalue weighted by molar-refractivity contribution is 7.99. The number of rotatable bonds is 5. The molecule has 0 spiro atoms. The number of halogens is 2. The number of hydrogen-bond donors (Lipinski definition) is 1. The van der Waals surface area contributed by atoms with Crippen molar-refractivity contribution in [2.24, 2.45) is 5.73 Å². The summed E-state index contributed by atoms with van der Waals surface area (Å²) in [5, 5.41) is 1.53. The first kappa shape index (κ1) is 15.7. The van der Waals surface area contributed by atoms with E-state index in [0.29, 0.717) is 0 Å². The van der Waals surface area contributed by atoms with Gasteiger partial charge in [0.15, 0.2) is 0 Å². The van der Waals surface area contributed by atoms with Gasteiger partial charge in [-0.3, -0.25) is 0 Å². The monoisotopic (exact) mass is 325 g/mol. The Labute approximate surface area is 134 Å². The molecule has 4 heteroatoms. The van der Waals surface area contributed by atoms with Crippen LogP contribution in [0.15, 0.2) is 52.3 Å². The van der Waals surface area contributed by atoms with Crippen molar-refractivity contribution in [1.29, 1.82) is 0 Å². The smallest absolute Gasteiger partial charge is 0.0449 e. The zero-order valence-electron chi connectivity index (χ0n) is 11.3. The molecule has 2 N–H and O–H groups in total. The lowest BCUT2D eigenvalue weighted by Crippen LogP contribution is -2.21. The maximum atomic E-state index is 6.33. The fourth-order valence-electron chi connectivity index (χ4n) is 1.82. The van der Waals surface area contributed by atoms with E-state index in [1.807, 2.05) is 30.3 Å². The van der Waals surface area contributed by atoms with Crippen LogP contribution in [0, 0.1) is 0 Å². The summed E-state index contributed by atoms with van der Waals surface area (Å²) < 4.78 is 0. The van der Waals surface area contributed by atoms with Crippen LogP contribution < -0.4 is 5.73 Å². The lowest BCUT2D eigenvalue weighted by molar-refractivity contribution is 0.646. The van der Waals surface area contributed by atoms with Crippen molar-refractivity contribution in [3.8, 4) is 0 Å². The summed E-state index contributed by atoms with van der Waals surface area (Å²) >= 11 is 13.9. The van der Waals surface area contributed by atoms with E-state index in [-0.39, 0.29) is 6.04 Å². The third-order valence-electron chi connectivity index (χ3n) is 3.08. The Kier molecular flexibility index (Phi) is 5.79. The molecule has 106 valence electrons. The van der Waals surface area contributed by atoms with E-state index in [1.54, 1.807) is 11.8 Å². The van der Waals surface area contributed by atoms with E-state index in [9.17, 15) is 0 Å². The second-order valence-electron chi connectivity index (χ2n) is 4.68. The van der Waals surface area contributed by atoms with Crippen LogP contribution in [0.5, 0.6) is 0 Å². The summed E-state index contributed by atoms with van der Waals surface area (Å²) in [5.74, 6) is 0. The molecule has 0 amide bonds. The molecule has 20 heavy (non-hydrogen) atoms. The molecule has 0 saturated heterocycles. The van der Waals surface area contributed by atoms with Crippen LogP contribution in [0.4, 0.5) is 0 Å². The summed E-state index contributed by atoms with van der Waals surface area (Å²) in [6.45, 7) is 2.09. The molecule has 0 fully saturated rings. The molecule has 0 radical (unpaired) electrons. The van der Waals surface area contributed by atoms with Gasteiger partial charge in [-0.2, -0.15) is 0 Å². The Hall–Kier alpha value is -0.670. The number of benzene rings is 2. The summed E-state index contributed by atoms with van der Waals surface area (Å²) in [7, 11) is 0. The van der Waals surface area contributed by atoms with E-state index in [4.69, 9.17) is 28.9 Å². The highest BCUT2D eigenvalue weighted by Gasteiger charge is 2.07. The van der Waals surface area contributed by atoms with E-state index < -0.39 is 0 Å². The molecule has 0 aliphatic heterocycles. The maximum Gasteiger partial charge on any atom is 0.0449 e. The quantitative estimate of drug-likeness (QED) is 0.793. The SMILES string of the molecule is CCC(N)Cc1ccc(Sc2ccc(Cl)cc2)cc1Cl. The summed E-state index contributed by atoms with van der Waals surface area (Å²) in [6.07, 6.45) is 1.78. The number of hydrogen-bond acceptors (Lipinski definition) is 2. The zero-order valence-corrected chi connectivity index (χ0v) is 13.6.